The minimum atomic E-state index is -1.32. The third kappa shape index (κ3) is 6.31. The standard InChI is InChI=1S/C16H19F2NO5/c1-3-24-14(21)4-9(2)15(16(22)23)19-13(20)7-10-5-11(17)8-12(18)6-10/h5-6,8-9,15H,3-4,7H2,1-2H3,(H,19,20)(H,22,23)/t9-,15-/m1/s1. The van der Waals surface area contributed by atoms with Crippen LogP contribution >= 0.6 is 0 Å². The molecule has 0 aliphatic carbocycles. The van der Waals surface area contributed by atoms with Gasteiger partial charge in [0, 0.05) is 6.07 Å². The molecular formula is C16H19F2NO5. The van der Waals surface area contributed by atoms with Crippen molar-refractivity contribution in [2.24, 2.45) is 5.92 Å². The number of carboxylic acids is 1. The lowest BCUT2D eigenvalue weighted by molar-refractivity contribution is -0.147. The minimum absolute atomic E-state index is 0.0761. The Labute approximate surface area is 137 Å². The van der Waals surface area contributed by atoms with Crippen LogP contribution < -0.4 is 5.32 Å². The third-order valence-corrected chi connectivity index (χ3v) is 3.23. The summed E-state index contributed by atoms with van der Waals surface area (Å²) in [4.78, 5) is 34.6. The molecule has 2 atom stereocenters. The average Bonchev–Trinajstić information content (AvgIpc) is 2.43. The largest absolute Gasteiger partial charge is 0.480 e. The van der Waals surface area contributed by atoms with Gasteiger partial charge in [-0.1, -0.05) is 6.92 Å². The van der Waals surface area contributed by atoms with E-state index >= 15 is 0 Å². The number of rotatable bonds is 8. The number of esters is 1. The molecule has 0 unspecified atom stereocenters. The molecule has 0 aliphatic heterocycles. The lowest BCUT2D eigenvalue weighted by atomic mass is 9.98. The van der Waals surface area contributed by atoms with E-state index in [4.69, 9.17) is 4.74 Å². The van der Waals surface area contributed by atoms with Gasteiger partial charge in [0.15, 0.2) is 0 Å². The highest BCUT2D eigenvalue weighted by Crippen LogP contribution is 2.12. The highest BCUT2D eigenvalue weighted by atomic mass is 19.1. The van der Waals surface area contributed by atoms with Crippen molar-refractivity contribution >= 4 is 17.8 Å². The van der Waals surface area contributed by atoms with Crippen LogP contribution in [-0.2, 0) is 25.5 Å². The molecule has 2 N–H and O–H groups in total. The number of aliphatic carboxylic acids is 1. The van der Waals surface area contributed by atoms with Crippen molar-refractivity contribution in [1.82, 2.24) is 5.32 Å². The summed E-state index contributed by atoms with van der Waals surface area (Å²) in [5.41, 5.74) is 0.0761. The molecule has 0 aromatic heterocycles. The molecule has 1 aromatic carbocycles. The van der Waals surface area contributed by atoms with Gasteiger partial charge in [0.1, 0.15) is 17.7 Å². The van der Waals surface area contributed by atoms with Gasteiger partial charge >= 0.3 is 11.9 Å². The molecule has 1 amide bonds. The molecule has 0 aliphatic rings. The molecule has 0 radical (unpaired) electrons. The van der Waals surface area contributed by atoms with E-state index in [1.54, 1.807) is 6.92 Å². The minimum Gasteiger partial charge on any atom is -0.480 e. The fraction of sp³-hybridized carbons (Fsp3) is 0.438. The molecule has 0 bridgehead atoms. The van der Waals surface area contributed by atoms with Crippen LogP contribution in [0.25, 0.3) is 0 Å². The van der Waals surface area contributed by atoms with Gasteiger partial charge in [0.2, 0.25) is 5.91 Å². The summed E-state index contributed by atoms with van der Waals surface area (Å²) >= 11 is 0. The van der Waals surface area contributed by atoms with Gasteiger partial charge in [0.05, 0.1) is 19.4 Å². The van der Waals surface area contributed by atoms with E-state index in [0.29, 0.717) is 6.07 Å². The molecule has 0 saturated heterocycles. The molecule has 1 rings (SSSR count). The zero-order valence-electron chi connectivity index (χ0n) is 13.3. The van der Waals surface area contributed by atoms with Crippen LogP contribution in [0.15, 0.2) is 18.2 Å². The maximum Gasteiger partial charge on any atom is 0.326 e. The van der Waals surface area contributed by atoms with Crippen LogP contribution in [0.5, 0.6) is 0 Å². The molecule has 24 heavy (non-hydrogen) atoms. The Bertz CT molecular complexity index is 600. The predicted octanol–water partition coefficient (Wildman–Crippen LogP) is 1.67. The van der Waals surface area contributed by atoms with Crippen molar-refractivity contribution in [3.63, 3.8) is 0 Å². The van der Waals surface area contributed by atoms with Gasteiger partial charge < -0.3 is 15.2 Å². The summed E-state index contributed by atoms with van der Waals surface area (Å²) < 4.78 is 30.9. The Morgan fingerprint density at radius 1 is 1.21 bits per heavy atom. The highest BCUT2D eigenvalue weighted by Gasteiger charge is 2.28. The van der Waals surface area contributed by atoms with Crippen LogP contribution in [0.3, 0.4) is 0 Å². The van der Waals surface area contributed by atoms with E-state index in [0.717, 1.165) is 12.1 Å². The van der Waals surface area contributed by atoms with E-state index in [1.165, 1.54) is 6.92 Å². The summed E-state index contributed by atoms with van der Waals surface area (Å²) in [5, 5.41) is 11.5. The monoisotopic (exact) mass is 343 g/mol. The van der Waals surface area contributed by atoms with Gasteiger partial charge in [-0.25, -0.2) is 13.6 Å². The fourth-order valence-corrected chi connectivity index (χ4v) is 2.17. The number of hydrogen-bond donors (Lipinski definition) is 2. The van der Waals surface area contributed by atoms with Crippen molar-refractivity contribution in [1.29, 1.82) is 0 Å². The topological polar surface area (TPSA) is 92.7 Å². The number of hydrogen-bond acceptors (Lipinski definition) is 4. The summed E-state index contributed by atoms with van der Waals surface area (Å²) in [6, 6.07) is 1.32. The smallest absolute Gasteiger partial charge is 0.326 e. The number of nitrogens with one attached hydrogen (secondary N) is 1. The second kappa shape index (κ2) is 8.95. The van der Waals surface area contributed by atoms with Crippen molar-refractivity contribution < 1.29 is 33.0 Å². The number of carbonyl (C=O) groups excluding carboxylic acids is 2. The quantitative estimate of drug-likeness (QED) is 0.701. The number of benzene rings is 1. The molecule has 0 fully saturated rings. The van der Waals surface area contributed by atoms with Crippen molar-refractivity contribution in [2.75, 3.05) is 6.61 Å². The zero-order chi connectivity index (χ0) is 18.3. The summed E-state index contributed by atoms with van der Waals surface area (Å²) in [7, 11) is 0. The summed E-state index contributed by atoms with van der Waals surface area (Å²) in [5.74, 6) is -4.98. The van der Waals surface area contributed by atoms with Crippen molar-refractivity contribution in [2.45, 2.75) is 32.7 Å². The van der Waals surface area contributed by atoms with Crippen LogP contribution in [0.4, 0.5) is 8.78 Å². The summed E-state index contributed by atoms with van der Waals surface area (Å²) in [6.45, 7) is 3.27. The molecule has 0 spiro atoms. The number of ether oxygens (including phenoxy) is 1. The predicted molar refractivity (Wildman–Crippen MR) is 80.0 cm³/mol. The normalized spacial score (nSPS) is 13.0. The van der Waals surface area contributed by atoms with E-state index in [2.05, 4.69) is 5.32 Å². The molecule has 8 heteroatoms. The number of halogens is 2. The average molecular weight is 343 g/mol. The second-order valence-electron chi connectivity index (χ2n) is 5.32. The van der Waals surface area contributed by atoms with Gasteiger partial charge in [-0.3, -0.25) is 9.59 Å². The van der Waals surface area contributed by atoms with Crippen molar-refractivity contribution in [3.8, 4) is 0 Å². The van der Waals surface area contributed by atoms with Crippen LogP contribution in [0, 0.1) is 17.6 Å². The first-order valence-corrected chi connectivity index (χ1v) is 7.35. The van der Waals surface area contributed by atoms with E-state index in [-0.39, 0.29) is 25.0 Å². The zero-order valence-corrected chi connectivity index (χ0v) is 13.3. The van der Waals surface area contributed by atoms with Crippen LogP contribution in [-0.4, -0.2) is 35.6 Å². The Hall–Kier alpha value is -2.51. The van der Waals surface area contributed by atoms with E-state index < -0.39 is 41.4 Å². The lowest BCUT2D eigenvalue weighted by Crippen LogP contribution is -2.46. The molecule has 6 nitrogen and oxygen atoms in total. The first kappa shape index (κ1) is 19.5. The maximum atomic E-state index is 13.1. The van der Waals surface area contributed by atoms with Gasteiger partial charge in [-0.05, 0) is 30.5 Å². The van der Waals surface area contributed by atoms with Crippen molar-refractivity contribution in [3.05, 3.63) is 35.4 Å². The first-order valence-electron chi connectivity index (χ1n) is 7.35. The molecule has 0 saturated carbocycles. The maximum absolute atomic E-state index is 13.1. The molecular weight excluding hydrogens is 324 g/mol. The fourth-order valence-electron chi connectivity index (χ4n) is 2.17. The summed E-state index contributed by atoms with van der Waals surface area (Å²) in [6.07, 6.45) is -0.565. The highest BCUT2D eigenvalue weighted by molar-refractivity contribution is 5.85. The van der Waals surface area contributed by atoms with Crippen LogP contribution in [0.2, 0.25) is 0 Å². The van der Waals surface area contributed by atoms with E-state index in [9.17, 15) is 28.3 Å². The SMILES string of the molecule is CCOC(=O)C[C@@H](C)[C@@H](NC(=O)Cc1cc(F)cc(F)c1)C(=O)O. The number of amides is 1. The Kier molecular flexibility index (Phi) is 7.29. The van der Waals surface area contributed by atoms with Gasteiger partial charge in [0.25, 0.3) is 0 Å². The molecule has 0 heterocycles. The number of carboxylic acid groups (broad SMARTS) is 1. The second-order valence-corrected chi connectivity index (χ2v) is 5.32. The molecule has 1 aromatic rings. The Morgan fingerprint density at radius 2 is 1.79 bits per heavy atom. The van der Waals surface area contributed by atoms with Crippen LogP contribution in [0.1, 0.15) is 25.8 Å². The van der Waals surface area contributed by atoms with E-state index in [1.807, 2.05) is 0 Å². The third-order valence-electron chi connectivity index (χ3n) is 3.23. The van der Waals surface area contributed by atoms with Gasteiger partial charge in [-0.15, -0.1) is 0 Å². The lowest BCUT2D eigenvalue weighted by Gasteiger charge is -2.20. The van der Waals surface area contributed by atoms with Gasteiger partial charge in [-0.2, -0.15) is 0 Å². The Balaban J connectivity index is 2.71. The Morgan fingerprint density at radius 3 is 2.29 bits per heavy atom. The number of carbonyl (C=O) groups is 3. The molecule has 132 valence electrons. The first-order chi connectivity index (χ1) is 11.2.